The largest absolute Gasteiger partial charge is 0.412 e. The number of nitrogens with two attached hydrogens (primary N) is 3. The van der Waals surface area contributed by atoms with Gasteiger partial charge < -0.3 is 74.7 Å². The third kappa shape index (κ3) is 38.7. The van der Waals surface area contributed by atoms with Gasteiger partial charge in [-0.1, -0.05) is 236 Å². The van der Waals surface area contributed by atoms with Crippen molar-refractivity contribution in [3.63, 3.8) is 0 Å². The molecular weight excluding hydrogens is 1370 g/mol. The van der Waals surface area contributed by atoms with E-state index in [1.807, 2.05) is 13.8 Å². The standard InChI is InChI=1S/C75H127N13O14S2/c1-7-10-12-14-16-18-20-22-24-26-28-30-32-36-65(92)81-59-49-103-104-50-60(74(100)88-44-34-35-61(88)72(98)85-56(45-51(4)5)67(93)80-48-64(78)91)86-69(95)58(47-63(77)90)84-68(94)55(41-42-62(76)89)82-73(99)66(52(6)9-3)87-70(96)57(83-71(59)97)46-53-37-39-54(40-38-53)102-75(101)79-43-33-31-29-27-25-23-21-19-17-15-13-11-8-2/h37-40,51-52,55-61,66H,7-36,41-50H2,1-6H3,(H2,76,89)(H2,77,90)(H2,78,91)(H,79,101)(H,80,93)(H,81,92)(H,82,99)(H,83,97)(H,84,94)(H,85,98)(H,86,95)(H,87,96)/t52-,55-,56-,57-,58-,59-,60-,61-,66-/m0/s1. The van der Waals surface area contributed by atoms with Crippen LogP contribution in [0.5, 0.6) is 5.75 Å². The van der Waals surface area contributed by atoms with Crippen LogP contribution in [0.1, 0.15) is 265 Å². The van der Waals surface area contributed by atoms with Gasteiger partial charge in [-0.2, -0.15) is 0 Å². The van der Waals surface area contributed by atoms with Crippen molar-refractivity contribution in [2.75, 3.05) is 31.1 Å². The molecule has 15 N–H and O–H groups in total. The van der Waals surface area contributed by atoms with Crippen LogP contribution >= 0.6 is 21.6 Å². The fraction of sp³-hybridized carbons (Fsp3) is 0.747. The van der Waals surface area contributed by atoms with Crippen LogP contribution in [0.25, 0.3) is 0 Å². The molecule has 0 aliphatic carbocycles. The number of carbonyl (C=O) groups is 13. The van der Waals surface area contributed by atoms with Gasteiger partial charge in [-0.15, -0.1) is 0 Å². The highest BCUT2D eigenvalue weighted by molar-refractivity contribution is 8.76. The van der Waals surface area contributed by atoms with Gasteiger partial charge in [0.1, 0.15) is 54.1 Å². The monoisotopic (exact) mass is 1500 g/mol. The first-order chi connectivity index (χ1) is 49.9. The van der Waals surface area contributed by atoms with E-state index in [2.05, 4.69) is 61.7 Å². The number of hydrogen-bond donors (Lipinski definition) is 12. The van der Waals surface area contributed by atoms with Gasteiger partial charge in [-0.3, -0.25) is 57.5 Å². The fourth-order valence-corrected chi connectivity index (χ4v) is 14.9. The smallest absolute Gasteiger partial charge is 0.410 e. The van der Waals surface area contributed by atoms with Crippen molar-refractivity contribution in [1.29, 1.82) is 0 Å². The lowest BCUT2D eigenvalue weighted by atomic mass is 9.96. The number of primary amides is 3. The number of carbonyl (C=O) groups excluding carboxylic acids is 13. The van der Waals surface area contributed by atoms with E-state index in [9.17, 15) is 57.5 Å². The van der Waals surface area contributed by atoms with E-state index < -0.39 is 157 Å². The lowest BCUT2D eigenvalue weighted by molar-refractivity contribution is -0.142. The van der Waals surface area contributed by atoms with Crippen LogP contribution in [0.2, 0.25) is 0 Å². The number of amides is 13. The number of rotatable bonds is 47. The summed E-state index contributed by atoms with van der Waals surface area (Å²) in [6.07, 6.45) is 28.1. The van der Waals surface area contributed by atoms with E-state index in [-0.39, 0.29) is 55.4 Å². The second-order valence-corrected chi connectivity index (χ2v) is 31.0. The molecule has 13 amide bonds. The van der Waals surface area contributed by atoms with Gasteiger partial charge >= 0.3 is 6.09 Å². The topological polar surface area (TPSA) is 421 Å². The molecular formula is C75H127N13O14S2. The molecule has 3 rings (SSSR count). The van der Waals surface area contributed by atoms with Gasteiger partial charge in [-0.25, -0.2) is 4.79 Å². The zero-order chi connectivity index (χ0) is 76.6. The zero-order valence-corrected chi connectivity index (χ0v) is 64.7. The van der Waals surface area contributed by atoms with Crippen molar-refractivity contribution in [1.82, 2.24) is 52.8 Å². The number of nitrogens with zero attached hydrogens (tertiary/aromatic N) is 1. The van der Waals surface area contributed by atoms with E-state index in [0.717, 1.165) is 79.4 Å². The molecule has 588 valence electrons. The summed E-state index contributed by atoms with van der Waals surface area (Å²) in [7, 11) is 2.04. The quantitative estimate of drug-likeness (QED) is 0.0222. The highest BCUT2D eigenvalue weighted by atomic mass is 33.1. The van der Waals surface area contributed by atoms with Gasteiger partial charge in [0.25, 0.3) is 0 Å². The van der Waals surface area contributed by atoms with Crippen LogP contribution in [0.15, 0.2) is 24.3 Å². The fourth-order valence-electron chi connectivity index (χ4n) is 12.5. The minimum absolute atomic E-state index is 0.0150. The highest BCUT2D eigenvalue weighted by Gasteiger charge is 2.41. The van der Waals surface area contributed by atoms with Crippen LogP contribution in [0.4, 0.5) is 4.79 Å². The van der Waals surface area contributed by atoms with Crippen LogP contribution in [-0.4, -0.2) is 161 Å². The molecule has 1 aromatic carbocycles. The molecule has 0 spiro atoms. The lowest BCUT2D eigenvalue weighted by Gasteiger charge is -2.31. The van der Waals surface area contributed by atoms with Gasteiger partial charge in [0.2, 0.25) is 70.9 Å². The maximum absolute atomic E-state index is 15.0. The third-order valence-corrected chi connectivity index (χ3v) is 21.3. The summed E-state index contributed by atoms with van der Waals surface area (Å²) in [6.45, 7) is 11.5. The van der Waals surface area contributed by atoms with Crippen LogP contribution in [0, 0.1) is 11.8 Å². The van der Waals surface area contributed by atoms with E-state index in [4.69, 9.17) is 21.9 Å². The molecule has 1 aromatic rings. The maximum atomic E-state index is 15.0. The minimum atomic E-state index is -1.81. The molecule has 29 heteroatoms. The number of ether oxygens (including phenoxy) is 1. The van der Waals surface area contributed by atoms with Gasteiger partial charge in [0.15, 0.2) is 0 Å². The van der Waals surface area contributed by atoms with Crippen molar-refractivity contribution in [3.8, 4) is 5.75 Å². The molecule has 9 atom stereocenters. The first-order valence-electron chi connectivity index (χ1n) is 38.7. The number of hydrogen-bond acceptors (Lipinski definition) is 16. The van der Waals surface area contributed by atoms with Crippen molar-refractivity contribution in [2.45, 2.75) is 315 Å². The molecule has 27 nitrogen and oxygen atoms in total. The molecule has 0 bridgehead atoms. The summed E-state index contributed by atoms with van der Waals surface area (Å²) in [6, 6.07) is -5.16. The summed E-state index contributed by atoms with van der Waals surface area (Å²) in [5.74, 6) is -11.1. The molecule has 2 fully saturated rings. The van der Waals surface area contributed by atoms with Crippen LogP contribution < -0.4 is 69.8 Å². The Hall–Kier alpha value is -7.17. The predicted molar refractivity (Wildman–Crippen MR) is 407 cm³/mol. The van der Waals surface area contributed by atoms with Crippen molar-refractivity contribution >= 4 is 98.6 Å². The Labute approximate surface area is 625 Å². The SMILES string of the molecule is CCCCCCCCCCCCCCCNC(=O)Oc1ccc(C[C@@H]2NC(=O)[C@@H](NC(=O)CCCCCCCCCCCCCCC)CSSC[C@@H](C(=O)N3CCC[C@H]3C(=O)N[C@@H](CC(C)C)C(=O)NCC(N)=O)NC(=O)[C@H](CC(N)=O)NC(=O)[C@H](CCC(N)=O)NC(=O)[C@H]([C@@H](C)CC)NC2=O)cc1. The summed E-state index contributed by atoms with van der Waals surface area (Å²) in [5.41, 5.74) is 17.0. The summed E-state index contributed by atoms with van der Waals surface area (Å²) in [5, 5.41) is 24.1. The van der Waals surface area contributed by atoms with Crippen molar-refractivity contribution in [2.24, 2.45) is 29.0 Å². The summed E-state index contributed by atoms with van der Waals surface area (Å²) >= 11 is 0. The van der Waals surface area contributed by atoms with E-state index in [1.165, 1.54) is 108 Å². The Morgan fingerprint density at radius 3 is 1.62 bits per heavy atom. The second kappa shape index (κ2) is 53.6. The Balaban J connectivity index is 2.03. The maximum Gasteiger partial charge on any atom is 0.412 e. The number of unbranched alkanes of at least 4 members (excludes halogenated alkanes) is 24. The average Bonchev–Trinajstić information content (AvgIpc) is 1.52. The molecule has 2 saturated heterocycles. The molecule has 0 aromatic heterocycles. The molecule has 0 saturated carbocycles. The Morgan fingerprint density at radius 1 is 0.567 bits per heavy atom. The predicted octanol–water partition coefficient (Wildman–Crippen LogP) is 7.50. The van der Waals surface area contributed by atoms with E-state index >= 15 is 4.79 Å². The number of benzene rings is 1. The molecule has 0 unspecified atom stereocenters. The van der Waals surface area contributed by atoms with Gasteiger partial charge in [-0.05, 0) is 68.1 Å². The molecule has 2 aliphatic rings. The Kier molecular flexibility index (Phi) is 46.9. The molecule has 0 radical (unpaired) electrons. The van der Waals surface area contributed by atoms with Crippen LogP contribution in [-0.2, 0) is 64.0 Å². The molecule has 2 heterocycles. The minimum Gasteiger partial charge on any atom is -0.410 e. The first-order valence-corrected chi connectivity index (χ1v) is 41.2. The normalized spacial score (nSPS) is 20.0. The highest BCUT2D eigenvalue weighted by Crippen LogP contribution is 2.27. The van der Waals surface area contributed by atoms with Gasteiger partial charge in [0.05, 0.1) is 13.0 Å². The van der Waals surface area contributed by atoms with Crippen molar-refractivity contribution < 1.29 is 67.1 Å². The summed E-state index contributed by atoms with van der Waals surface area (Å²) in [4.78, 5) is 181. The molecule has 2 aliphatic heterocycles. The first kappa shape index (κ1) is 91.0. The summed E-state index contributed by atoms with van der Waals surface area (Å²) < 4.78 is 5.60. The number of likely N-dealkylation sites (tertiary alicyclic amines) is 1. The van der Waals surface area contributed by atoms with E-state index in [0.29, 0.717) is 31.4 Å². The van der Waals surface area contributed by atoms with E-state index in [1.54, 1.807) is 38.1 Å². The van der Waals surface area contributed by atoms with Crippen LogP contribution in [0.3, 0.4) is 0 Å². The second-order valence-electron chi connectivity index (χ2n) is 28.4. The Bertz CT molecular complexity index is 2820. The number of nitrogens with one attached hydrogen (secondary N) is 9. The average molecular weight is 1500 g/mol. The Morgan fingerprint density at radius 2 is 1.09 bits per heavy atom. The third-order valence-electron chi connectivity index (χ3n) is 18.8. The zero-order valence-electron chi connectivity index (χ0n) is 63.1. The van der Waals surface area contributed by atoms with Gasteiger partial charge in [0, 0.05) is 43.9 Å². The molecule has 104 heavy (non-hydrogen) atoms. The lowest BCUT2D eigenvalue weighted by Crippen LogP contribution is -2.62. The van der Waals surface area contributed by atoms with Crippen molar-refractivity contribution in [3.05, 3.63) is 29.8 Å².